The predicted molar refractivity (Wildman–Crippen MR) is 99.9 cm³/mol. The molecule has 2 aromatic heterocycles. The quantitative estimate of drug-likeness (QED) is 0.718. The fraction of sp³-hybridized carbons (Fsp3) is 0.375. The first-order valence-corrected chi connectivity index (χ1v) is 10.4. The summed E-state index contributed by atoms with van der Waals surface area (Å²) in [5, 5.41) is 0. The van der Waals surface area contributed by atoms with Gasteiger partial charge in [-0.05, 0) is 37.0 Å². The Hall–Kier alpha value is -2.17. The zero-order valence-electron chi connectivity index (χ0n) is 14.4. The third-order valence-electron chi connectivity index (χ3n) is 4.40. The number of nitrogens with one attached hydrogen (secondary N) is 1. The zero-order valence-corrected chi connectivity index (χ0v) is 16.0. The van der Waals surface area contributed by atoms with Gasteiger partial charge in [-0.25, -0.2) is 23.1 Å². The second-order valence-electron chi connectivity index (χ2n) is 6.49. The Balaban J connectivity index is 1.57. The standard InChI is InChI=1S/C16H18N6O2S2/c1-22(2)16-17-9-10-8-11(6-7-12(10)18-16)21-26(23,24)14-5-3-4-13-15(14)20-25-19-13/h3-5,9,11,21H,6-8H2,1-2H3. The van der Waals surface area contributed by atoms with Crippen LogP contribution in [0.5, 0.6) is 0 Å². The molecule has 26 heavy (non-hydrogen) atoms. The average Bonchev–Trinajstić information content (AvgIpc) is 3.09. The van der Waals surface area contributed by atoms with Crippen LogP contribution in [-0.2, 0) is 22.9 Å². The van der Waals surface area contributed by atoms with Crippen molar-refractivity contribution in [2.24, 2.45) is 0 Å². The molecule has 136 valence electrons. The molecular formula is C16H18N6O2S2. The Bertz CT molecular complexity index is 1060. The van der Waals surface area contributed by atoms with Gasteiger partial charge < -0.3 is 4.90 Å². The summed E-state index contributed by atoms with van der Waals surface area (Å²) in [5.41, 5.74) is 2.99. The van der Waals surface area contributed by atoms with Crippen LogP contribution in [0, 0.1) is 0 Å². The number of hydrogen-bond acceptors (Lipinski definition) is 8. The number of fused-ring (bicyclic) bond motifs is 2. The third-order valence-corrected chi connectivity index (χ3v) is 6.49. The number of aryl methyl sites for hydroxylation is 1. The van der Waals surface area contributed by atoms with E-state index in [4.69, 9.17) is 0 Å². The van der Waals surface area contributed by atoms with E-state index in [0.717, 1.165) is 23.0 Å². The van der Waals surface area contributed by atoms with Gasteiger partial charge in [0.2, 0.25) is 16.0 Å². The van der Waals surface area contributed by atoms with Crippen LogP contribution in [0.25, 0.3) is 11.0 Å². The average molecular weight is 390 g/mol. The van der Waals surface area contributed by atoms with Crippen LogP contribution in [0.3, 0.4) is 0 Å². The summed E-state index contributed by atoms with van der Waals surface area (Å²) in [7, 11) is 0.121. The largest absolute Gasteiger partial charge is 0.347 e. The fourth-order valence-corrected chi connectivity index (χ4v) is 5.13. The van der Waals surface area contributed by atoms with Gasteiger partial charge in [-0.1, -0.05) is 6.07 Å². The van der Waals surface area contributed by atoms with Crippen molar-refractivity contribution in [3.8, 4) is 0 Å². The topological polar surface area (TPSA) is 101 Å². The molecule has 0 radical (unpaired) electrons. The lowest BCUT2D eigenvalue weighted by Gasteiger charge is -2.25. The van der Waals surface area contributed by atoms with Gasteiger partial charge >= 0.3 is 0 Å². The van der Waals surface area contributed by atoms with Gasteiger partial charge in [0.25, 0.3) is 0 Å². The Kier molecular flexibility index (Phi) is 4.33. The highest BCUT2D eigenvalue weighted by molar-refractivity contribution is 7.89. The van der Waals surface area contributed by atoms with Crippen LogP contribution in [-0.4, -0.2) is 47.3 Å². The smallest absolute Gasteiger partial charge is 0.243 e. The van der Waals surface area contributed by atoms with Crippen molar-refractivity contribution >= 4 is 38.7 Å². The van der Waals surface area contributed by atoms with Crippen molar-refractivity contribution in [1.29, 1.82) is 0 Å². The Morgan fingerprint density at radius 3 is 2.92 bits per heavy atom. The van der Waals surface area contributed by atoms with Gasteiger partial charge in [0.05, 0.1) is 11.7 Å². The molecule has 0 fully saturated rings. The molecule has 4 rings (SSSR count). The minimum atomic E-state index is -3.68. The van der Waals surface area contributed by atoms with Crippen molar-refractivity contribution in [2.45, 2.75) is 30.2 Å². The molecule has 0 saturated carbocycles. The molecule has 1 unspecified atom stereocenters. The van der Waals surface area contributed by atoms with Crippen molar-refractivity contribution < 1.29 is 8.42 Å². The number of hydrogen-bond donors (Lipinski definition) is 1. The first-order valence-electron chi connectivity index (χ1n) is 8.20. The maximum atomic E-state index is 12.9. The minimum absolute atomic E-state index is 0.175. The SMILES string of the molecule is CN(C)c1ncc2c(n1)CCC(NS(=O)(=O)c1cccc3nsnc13)C2. The second kappa shape index (κ2) is 6.53. The monoisotopic (exact) mass is 390 g/mol. The second-order valence-corrected chi connectivity index (χ2v) is 8.70. The lowest BCUT2D eigenvalue weighted by Crippen LogP contribution is -2.39. The number of benzene rings is 1. The fourth-order valence-electron chi connectivity index (χ4n) is 3.09. The summed E-state index contributed by atoms with van der Waals surface area (Å²) in [5.74, 6) is 0.672. The normalized spacial score (nSPS) is 17.2. The van der Waals surface area contributed by atoms with Gasteiger partial charge in [-0.15, -0.1) is 0 Å². The minimum Gasteiger partial charge on any atom is -0.347 e. The lowest BCUT2D eigenvalue weighted by molar-refractivity contribution is 0.502. The van der Waals surface area contributed by atoms with E-state index in [1.54, 1.807) is 24.4 Å². The highest BCUT2D eigenvalue weighted by atomic mass is 32.2. The molecule has 0 bridgehead atoms. The molecule has 1 N–H and O–H groups in total. The molecule has 0 spiro atoms. The predicted octanol–water partition coefficient (Wildman–Crippen LogP) is 1.38. The molecule has 1 atom stereocenters. The highest BCUT2D eigenvalue weighted by Gasteiger charge is 2.27. The van der Waals surface area contributed by atoms with Gasteiger partial charge in [-0.2, -0.15) is 8.75 Å². The van der Waals surface area contributed by atoms with Gasteiger partial charge in [0.1, 0.15) is 15.9 Å². The molecule has 0 saturated heterocycles. The van der Waals surface area contributed by atoms with Crippen molar-refractivity contribution in [3.63, 3.8) is 0 Å². The van der Waals surface area contributed by atoms with Crippen molar-refractivity contribution in [3.05, 3.63) is 35.7 Å². The van der Waals surface area contributed by atoms with Gasteiger partial charge in [0, 0.05) is 32.0 Å². The Morgan fingerprint density at radius 2 is 2.12 bits per heavy atom. The van der Waals surface area contributed by atoms with E-state index in [0.29, 0.717) is 36.2 Å². The third kappa shape index (κ3) is 3.15. The Morgan fingerprint density at radius 1 is 1.27 bits per heavy atom. The molecule has 0 amide bonds. The van der Waals surface area contributed by atoms with E-state index in [1.165, 1.54) is 0 Å². The highest BCUT2D eigenvalue weighted by Crippen LogP contribution is 2.25. The van der Waals surface area contributed by atoms with Crippen LogP contribution in [0.4, 0.5) is 5.95 Å². The molecule has 2 heterocycles. The van der Waals surface area contributed by atoms with Gasteiger partial charge in [-0.3, -0.25) is 0 Å². The molecule has 1 aromatic carbocycles. The van der Waals surface area contributed by atoms with Crippen molar-refractivity contribution in [2.75, 3.05) is 19.0 Å². The van der Waals surface area contributed by atoms with Crippen LogP contribution < -0.4 is 9.62 Å². The molecule has 1 aliphatic carbocycles. The van der Waals surface area contributed by atoms with E-state index in [2.05, 4.69) is 23.4 Å². The van der Waals surface area contributed by atoms with Gasteiger partial charge in [0.15, 0.2) is 0 Å². The molecule has 10 heteroatoms. The van der Waals surface area contributed by atoms with Crippen LogP contribution in [0.15, 0.2) is 29.3 Å². The summed E-state index contributed by atoms with van der Waals surface area (Å²) in [6.45, 7) is 0. The summed E-state index contributed by atoms with van der Waals surface area (Å²) < 4.78 is 36.8. The summed E-state index contributed by atoms with van der Waals surface area (Å²) in [6, 6.07) is 4.82. The number of rotatable bonds is 4. The summed E-state index contributed by atoms with van der Waals surface area (Å²) >= 11 is 1.01. The van der Waals surface area contributed by atoms with E-state index < -0.39 is 10.0 Å². The van der Waals surface area contributed by atoms with E-state index in [1.807, 2.05) is 19.0 Å². The molecular weight excluding hydrogens is 372 g/mol. The summed E-state index contributed by atoms with van der Waals surface area (Å²) in [6.07, 6.45) is 3.78. The Labute approximate surface area is 155 Å². The van der Waals surface area contributed by atoms with E-state index in [9.17, 15) is 8.42 Å². The van der Waals surface area contributed by atoms with Crippen LogP contribution in [0.2, 0.25) is 0 Å². The number of anilines is 1. The maximum Gasteiger partial charge on any atom is 0.243 e. The van der Waals surface area contributed by atoms with Crippen molar-refractivity contribution in [1.82, 2.24) is 23.4 Å². The van der Waals surface area contributed by atoms with E-state index in [-0.39, 0.29) is 10.9 Å². The first kappa shape index (κ1) is 17.3. The first-order chi connectivity index (χ1) is 12.4. The molecule has 3 aromatic rings. The number of aromatic nitrogens is 4. The molecule has 1 aliphatic rings. The number of sulfonamides is 1. The van der Waals surface area contributed by atoms with Crippen LogP contribution in [0.1, 0.15) is 17.7 Å². The molecule has 0 aliphatic heterocycles. The number of nitrogens with zero attached hydrogens (tertiary/aromatic N) is 5. The maximum absolute atomic E-state index is 12.9. The zero-order chi connectivity index (χ0) is 18.3. The summed E-state index contributed by atoms with van der Waals surface area (Å²) in [4.78, 5) is 10.9. The van der Waals surface area contributed by atoms with Crippen LogP contribution >= 0.6 is 11.7 Å². The molecule has 8 nitrogen and oxygen atoms in total. The lowest BCUT2D eigenvalue weighted by atomic mass is 9.94. The van der Waals surface area contributed by atoms with E-state index >= 15 is 0 Å².